The average molecular weight is 540 g/mol. The summed E-state index contributed by atoms with van der Waals surface area (Å²) < 4.78 is 52.7. The Kier molecular flexibility index (Phi) is 6.35. The van der Waals surface area contributed by atoms with Crippen LogP contribution in [0.3, 0.4) is 0 Å². The maximum absolute atomic E-state index is 12.5. The number of rotatable bonds is 8. The van der Waals surface area contributed by atoms with E-state index in [2.05, 4.69) is 37.5 Å². The molecule has 7 nitrogen and oxygen atoms in total. The van der Waals surface area contributed by atoms with Crippen LogP contribution in [-0.4, -0.2) is 23.9 Å². The number of nitrogens with zero attached hydrogens (tertiary/aromatic N) is 2. The van der Waals surface area contributed by atoms with Crippen molar-refractivity contribution in [2.24, 2.45) is 0 Å². The lowest BCUT2D eigenvalue weighted by atomic mass is 10.2. The minimum Gasteiger partial charge on any atom is -0.493 e. The van der Waals surface area contributed by atoms with Crippen molar-refractivity contribution >= 4 is 22.6 Å². The molecular weight excluding hydrogens is 525 g/mol. The lowest BCUT2D eigenvalue weighted by molar-refractivity contribution is -0.0512. The minimum absolute atomic E-state index is 0.0928. The van der Waals surface area contributed by atoms with Gasteiger partial charge in [-0.3, -0.25) is 0 Å². The molecule has 0 saturated carbocycles. The van der Waals surface area contributed by atoms with Crippen LogP contribution in [0, 0.1) is 3.57 Å². The van der Waals surface area contributed by atoms with Gasteiger partial charge in [-0.1, -0.05) is 0 Å². The van der Waals surface area contributed by atoms with Gasteiger partial charge in [-0.15, -0.1) is 10.2 Å². The fourth-order valence-corrected chi connectivity index (χ4v) is 3.05. The lowest BCUT2D eigenvalue weighted by Gasteiger charge is -2.10. The first kappa shape index (κ1) is 21.1. The summed E-state index contributed by atoms with van der Waals surface area (Å²) in [6, 6.07) is 15.4. The van der Waals surface area contributed by atoms with Gasteiger partial charge in [0.05, 0.1) is 7.11 Å². The Morgan fingerprint density at radius 1 is 0.935 bits per heavy atom. The van der Waals surface area contributed by atoms with Gasteiger partial charge in [0.2, 0.25) is 5.89 Å². The first-order valence-corrected chi connectivity index (χ1v) is 10.0. The second-order valence-corrected chi connectivity index (χ2v) is 7.41. The van der Waals surface area contributed by atoms with E-state index in [1.54, 1.807) is 12.1 Å². The Bertz CT molecular complexity index is 1160. The number of halogens is 3. The number of hydrogen-bond acceptors (Lipinski definition) is 7. The SMILES string of the molecule is COc1cc(-c2nnc(-c3ccc(COc4ccc(I)cc4)o3)o2)ccc1OC(F)F. The average Bonchev–Trinajstić information content (AvgIpc) is 3.43. The predicted octanol–water partition coefficient (Wildman–Crippen LogP) is 5.79. The number of furan rings is 1. The van der Waals surface area contributed by atoms with E-state index >= 15 is 0 Å². The van der Waals surface area contributed by atoms with Gasteiger partial charge in [-0.2, -0.15) is 8.78 Å². The zero-order valence-electron chi connectivity index (χ0n) is 16.1. The van der Waals surface area contributed by atoms with Gasteiger partial charge in [0.25, 0.3) is 5.89 Å². The van der Waals surface area contributed by atoms with Crippen molar-refractivity contribution in [1.29, 1.82) is 0 Å². The van der Waals surface area contributed by atoms with E-state index in [0.29, 0.717) is 17.1 Å². The summed E-state index contributed by atoms with van der Waals surface area (Å²) in [5, 5.41) is 7.97. The molecule has 4 rings (SSSR count). The van der Waals surface area contributed by atoms with Crippen LogP contribution in [0.2, 0.25) is 0 Å². The molecule has 0 spiro atoms. The zero-order chi connectivity index (χ0) is 21.8. The molecular formula is C21H15F2IN2O5. The van der Waals surface area contributed by atoms with Crippen molar-refractivity contribution in [1.82, 2.24) is 10.2 Å². The summed E-state index contributed by atoms with van der Waals surface area (Å²) in [6.07, 6.45) is 0. The Balaban J connectivity index is 1.47. The summed E-state index contributed by atoms with van der Waals surface area (Å²) >= 11 is 2.22. The van der Waals surface area contributed by atoms with Gasteiger partial charge in [-0.25, -0.2) is 0 Å². The molecule has 2 aromatic heterocycles. The van der Waals surface area contributed by atoms with Gasteiger partial charge < -0.3 is 23.0 Å². The van der Waals surface area contributed by atoms with Crippen molar-refractivity contribution in [3.05, 3.63) is 63.9 Å². The van der Waals surface area contributed by atoms with Crippen molar-refractivity contribution in [2.45, 2.75) is 13.2 Å². The van der Waals surface area contributed by atoms with E-state index in [4.69, 9.17) is 18.3 Å². The van der Waals surface area contributed by atoms with Gasteiger partial charge >= 0.3 is 6.61 Å². The largest absolute Gasteiger partial charge is 0.493 e. The Morgan fingerprint density at radius 2 is 1.71 bits per heavy atom. The molecule has 0 amide bonds. The van der Waals surface area contributed by atoms with E-state index < -0.39 is 6.61 Å². The summed E-state index contributed by atoms with van der Waals surface area (Å²) in [7, 11) is 1.35. The predicted molar refractivity (Wildman–Crippen MR) is 114 cm³/mol. The second kappa shape index (κ2) is 9.33. The normalized spacial score (nSPS) is 11.0. The molecule has 2 heterocycles. The maximum Gasteiger partial charge on any atom is 0.387 e. The van der Waals surface area contributed by atoms with Crippen LogP contribution in [0.1, 0.15) is 5.76 Å². The Morgan fingerprint density at radius 3 is 2.45 bits per heavy atom. The monoisotopic (exact) mass is 540 g/mol. The van der Waals surface area contributed by atoms with Crippen LogP contribution in [0.25, 0.3) is 23.1 Å². The molecule has 0 atom stereocenters. The number of methoxy groups -OCH3 is 1. The molecule has 0 radical (unpaired) electrons. The number of hydrogen-bond donors (Lipinski definition) is 0. The summed E-state index contributed by atoms with van der Waals surface area (Å²) in [6.45, 7) is -2.72. The van der Waals surface area contributed by atoms with E-state index in [1.165, 1.54) is 25.3 Å². The van der Waals surface area contributed by atoms with Crippen LogP contribution in [0.4, 0.5) is 8.78 Å². The molecule has 0 aliphatic carbocycles. The number of ether oxygens (including phenoxy) is 3. The lowest BCUT2D eigenvalue weighted by Crippen LogP contribution is -2.03. The quantitative estimate of drug-likeness (QED) is 0.262. The molecule has 0 N–H and O–H groups in total. The molecule has 0 unspecified atom stereocenters. The standard InChI is InChI=1S/C21H15F2IN2O5/c1-27-18-10-12(2-8-16(18)30-21(22)23)19-25-26-20(31-19)17-9-7-15(29-17)11-28-14-5-3-13(24)4-6-14/h2-10,21H,11H2,1H3. The second-order valence-electron chi connectivity index (χ2n) is 6.17. The third kappa shape index (κ3) is 5.13. The van der Waals surface area contributed by atoms with Gasteiger partial charge in [-0.05, 0) is 77.2 Å². The third-order valence-corrected chi connectivity index (χ3v) is 4.84. The summed E-state index contributed by atoms with van der Waals surface area (Å²) in [4.78, 5) is 0. The van der Waals surface area contributed by atoms with Crippen molar-refractivity contribution in [2.75, 3.05) is 7.11 Å². The highest BCUT2D eigenvalue weighted by molar-refractivity contribution is 14.1. The molecule has 0 fully saturated rings. The number of aromatic nitrogens is 2. The molecule has 160 valence electrons. The first-order valence-electron chi connectivity index (χ1n) is 8.96. The molecule has 0 bridgehead atoms. The van der Waals surface area contributed by atoms with Gasteiger partial charge in [0.1, 0.15) is 18.1 Å². The van der Waals surface area contributed by atoms with Crippen LogP contribution in [0.5, 0.6) is 17.2 Å². The van der Waals surface area contributed by atoms with Crippen molar-refractivity contribution in [3.8, 4) is 40.4 Å². The highest BCUT2D eigenvalue weighted by atomic mass is 127. The molecule has 2 aromatic carbocycles. The Labute approximate surface area is 189 Å². The smallest absolute Gasteiger partial charge is 0.387 e. The number of alkyl halides is 2. The van der Waals surface area contributed by atoms with Gasteiger partial charge in [0, 0.05) is 9.13 Å². The van der Waals surface area contributed by atoms with Crippen LogP contribution in [-0.2, 0) is 6.61 Å². The highest BCUT2D eigenvalue weighted by Gasteiger charge is 2.17. The third-order valence-electron chi connectivity index (χ3n) is 4.12. The molecule has 31 heavy (non-hydrogen) atoms. The van der Waals surface area contributed by atoms with Crippen molar-refractivity contribution in [3.63, 3.8) is 0 Å². The van der Waals surface area contributed by atoms with E-state index in [0.717, 1.165) is 9.32 Å². The van der Waals surface area contributed by atoms with Crippen LogP contribution in [0.15, 0.2) is 63.4 Å². The molecule has 0 saturated heterocycles. The topological polar surface area (TPSA) is 79.8 Å². The zero-order valence-corrected chi connectivity index (χ0v) is 18.2. The van der Waals surface area contributed by atoms with Crippen LogP contribution >= 0.6 is 22.6 Å². The van der Waals surface area contributed by atoms with Crippen LogP contribution < -0.4 is 14.2 Å². The van der Waals surface area contributed by atoms with E-state index in [9.17, 15) is 8.78 Å². The first-order chi connectivity index (χ1) is 15.0. The highest BCUT2D eigenvalue weighted by Crippen LogP contribution is 2.34. The molecule has 10 heteroatoms. The molecule has 0 aliphatic heterocycles. The summed E-state index contributed by atoms with van der Waals surface area (Å²) in [5.74, 6) is 2.06. The number of benzene rings is 2. The fraction of sp³-hybridized carbons (Fsp3) is 0.143. The van der Waals surface area contributed by atoms with Crippen molar-refractivity contribution < 1.29 is 31.8 Å². The molecule has 0 aliphatic rings. The fourth-order valence-electron chi connectivity index (χ4n) is 2.69. The van der Waals surface area contributed by atoms with E-state index in [-0.39, 0.29) is 29.9 Å². The van der Waals surface area contributed by atoms with E-state index in [1.807, 2.05) is 24.3 Å². The molecule has 4 aromatic rings. The Hall–Kier alpha value is -3.15. The summed E-state index contributed by atoms with van der Waals surface area (Å²) in [5.41, 5.74) is 0.478. The maximum atomic E-state index is 12.5. The van der Waals surface area contributed by atoms with Gasteiger partial charge in [0.15, 0.2) is 17.3 Å². The minimum atomic E-state index is -2.96.